The van der Waals surface area contributed by atoms with Crippen molar-refractivity contribution in [2.45, 2.75) is 19.9 Å². The zero-order chi connectivity index (χ0) is 26.1. The van der Waals surface area contributed by atoms with E-state index in [0.717, 1.165) is 13.1 Å². The first-order valence-corrected chi connectivity index (χ1v) is 12.2. The van der Waals surface area contributed by atoms with Crippen LogP contribution in [-0.4, -0.2) is 84.1 Å². The number of halogens is 2. The van der Waals surface area contributed by atoms with Crippen molar-refractivity contribution in [2.24, 2.45) is 0 Å². The van der Waals surface area contributed by atoms with Gasteiger partial charge in [-0.3, -0.25) is 14.5 Å². The highest BCUT2D eigenvalue weighted by atomic mass is 35.5. The molecule has 2 fully saturated rings. The minimum absolute atomic E-state index is 0.0815. The average molecular weight is 536 g/mol. The molecule has 0 bridgehead atoms. The van der Waals surface area contributed by atoms with Crippen LogP contribution in [0.25, 0.3) is 5.76 Å². The van der Waals surface area contributed by atoms with E-state index in [-0.39, 0.29) is 34.2 Å². The number of ketones is 1. The lowest BCUT2D eigenvalue weighted by atomic mass is 9.94. The van der Waals surface area contributed by atoms with Crippen LogP contribution in [0.3, 0.4) is 0 Å². The molecule has 3 heterocycles. The number of aromatic nitrogens is 1. The molecule has 0 saturated carbocycles. The highest BCUT2D eigenvalue weighted by Gasteiger charge is 2.46. The third-order valence-corrected chi connectivity index (χ3v) is 7.36. The van der Waals surface area contributed by atoms with Gasteiger partial charge in [0.1, 0.15) is 11.5 Å². The van der Waals surface area contributed by atoms with Crippen molar-refractivity contribution in [3.63, 3.8) is 0 Å². The molecular formula is C25H27Cl2N3O6. The minimum atomic E-state index is -0.893. The predicted octanol–water partition coefficient (Wildman–Crippen LogP) is 3.48. The molecule has 2 aliphatic heterocycles. The third kappa shape index (κ3) is 4.76. The maximum atomic E-state index is 13.3. The first-order chi connectivity index (χ1) is 17.1. The molecule has 0 radical (unpaired) electrons. The smallest absolute Gasteiger partial charge is 0.354 e. The van der Waals surface area contributed by atoms with Gasteiger partial charge < -0.3 is 24.5 Å². The van der Waals surface area contributed by atoms with Gasteiger partial charge in [0, 0.05) is 37.4 Å². The Kier molecular flexibility index (Phi) is 7.75. The largest absolute Gasteiger partial charge is 0.507 e. The monoisotopic (exact) mass is 535 g/mol. The van der Waals surface area contributed by atoms with E-state index >= 15 is 0 Å². The molecule has 9 nitrogen and oxygen atoms in total. The first-order valence-electron chi connectivity index (χ1n) is 11.5. The van der Waals surface area contributed by atoms with Crippen LogP contribution in [0.1, 0.15) is 38.9 Å². The van der Waals surface area contributed by atoms with Crippen LogP contribution in [-0.2, 0) is 19.1 Å². The molecule has 2 aromatic rings. The van der Waals surface area contributed by atoms with Crippen molar-refractivity contribution in [1.29, 1.82) is 0 Å². The standard InChI is InChI=1S/C25H27Cl2N3O6/c1-13-18(14(2)28-20(13)25(34)35-3)22(31)19-21(15-4-5-16(26)17(27)12-15)30(24(33)23(19)32)7-6-29-8-10-36-11-9-29/h4-5,12,21,28,31H,6-11H2,1-3H3. The fraction of sp³-hybridized carbons (Fsp3) is 0.400. The Labute approximate surface area is 218 Å². The Hall–Kier alpha value is -2.85. The summed E-state index contributed by atoms with van der Waals surface area (Å²) in [6.45, 7) is 6.73. The molecule has 4 rings (SSSR count). The number of amides is 1. The van der Waals surface area contributed by atoms with Crippen LogP contribution in [0.4, 0.5) is 0 Å². The Morgan fingerprint density at radius 2 is 1.86 bits per heavy atom. The number of nitrogens with one attached hydrogen (secondary N) is 1. The number of likely N-dealkylation sites (tertiary alicyclic amines) is 1. The number of hydrogen-bond acceptors (Lipinski definition) is 7. The van der Waals surface area contributed by atoms with Gasteiger partial charge >= 0.3 is 5.97 Å². The number of carbonyl (C=O) groups excluding carboxylic acids is 3. The number of H-pyrrole nitrogens is 1. The molecule has 1 aromatic heterocycles. The van der Waals surface area contributed by atoms with Gasteiger partial charge in [-0.2, -0.15) is 0 Å². The summed E-state index contributed by atoms with van der Waals surface area (Å²) in [6.07, 6.45) is 0. The second-order valence-corrected chi connectivity index (χ2v) is 9.55. The lowest BCUT2D eigenvalue weighted by Gasteiger charge is -2.31. The average Bonchev–Trinajstić information content (AvgIpc) is 3.31. The number of benzene rings is 1. The van der Waals surface area contributed by atoms with Crippen LogP contribution in [0.5, 0.6) is 0 Å². The van der Waals surface area contributed by atoms with E-state index in [1.54, 1.807) is 32.0 Å². The normalized spacial score (nSPS) is 20.2. The molecule has 0 spiro atoms. The van der Waals surface area contributed by atoms with E-state index in [4.69, 9.17) is 32.7 Å². The number of ether oxygens (including phenoxy) is 2. The van der Waals surface area contributed by atoms with E-state index in [1.165, 1.54) is 12.0 Å². The predicted molar refractivity (Wildman–Crippen MR) is 134 cm³/mol. The van der Waals surface area contributed by atoms with E-state index in [9.17, 15) is 19.5 Å². The Balaban J connectivity index is 1.82. The fourth-order valence-electron chi connectivity index (χ4n) is 4.76. The molecule has 2 aliphatic rings. The summed E-state index contributed by atoms with van der Waals surface area (Å²) in [5.74, 6) is -2.52. The molecule has 2 N–H and O–H groups in total. The van der Waals surface area contributed by atoms with Gasteiger partial charge in [0.2, 0.25) is 0 Å². The molecule has 1 aromatic carbocycles. The number of esters is 1. The van der Waals surface area contributed by atoms with E-state index in [1.807, 2.05) is 0 Å². The second-order valence-electron chi connectivity index (χ2n) is 8.74. The van der Waals surface area contributed by atoms with Crippen LogP contribution >= 0.6 is 23.2 Å². The summed E-state index contributed by atoms with van der Waals surface area (Å²) in [4.78, 5) is 45.3. The van der Waals surface area contributed by atoms with Crippen LogP contribution < -0.4 is 0 Å². The van der Waals surface area contributed by atoms with Gasteiger partial charge in [0.05, 0.1) is 42.0 Å². The number of nitrogens with zero attached hydrogens (tertiary/aromatic N) is 2. The molecule has 36 heavy (non-hydrogen) atoms. The highest BCUT2D eigenvalue weighted by Crippen LogP contribution is 2.42. The number of hydrogen-bond donors (Lipinski definition) is 2. The number of methoxy groups -OCH3 is 1. The van der Waals surface area contributed by atoms with E-state index in [2.05, 4.69) is 9.88 Å². The summed E-state index contributed by atoms with van der Waals surface area (Å²) in [7, 11) is 1.25. The van der Waals surface area contributed by atoms with Crippen molar-refractivity contribution in [2.75, 3.05) is 46.5 Å². The molecule has 1 unspecified atom stereocenters. The fourth-order valence-corrected chi connectivity index (χ4v) is 5.07. The van der Waals surface area contributed by atoms with Crippen molar-refractivity contribution in [3.05, 3.63) is 61.9 Å². The zero-order valence-corrected chi connectivity index (χ0v) is 21.7. The number of aliphatic hydroxyl groups excluding tert-OH is 1. The summed E-state index contributed by atoms with van der Waals surface area (Å²) in [5.41, 5.74) is 1.74. The van der Waals surface area contributed by atoms with Gasteiger partial charge in [0.15, 0.2) is 0 Å². The number of carbonyl (C=O) groups is 3. The maximum absolute atomic E-state index is 13.3. The second kappa shape index (κ2) is 10.6. The third-order valence-electron chi connectivity index (χ3n) is 6.62. The van der Waals surface area contributed by atoms with Gasteiger partial charge in [-0.1, -0.05) is 29.3 Å². The number of morpholine rings is 1. The number of aliphatic hydroxyl groups is 1. The minimum Gasteiger partial charge on any atom is -0.507 e. The molecule has 1 atom stereocenters. The van der Waals surface area contributed by atoms with Crippen LogP contribution in [0, 0.1) is 13.8 Å². The Bertz CT molecular complexity index is 1250. The highest BCUT2D eigenvalue weighted by molar-refractivity contribution is 6.47. The van der Waals surface area contributed by atoms with Crippen molar-refractivity contribution < 1.29 is 29.0 Å². The van der Waals surface area contributed by atoms with Crippen molar-refractivity contribution >= 4 is 46.6 Å². The quantitative estimate of drug-likeness (QED) is 0.252. The van der Waals surface area contributed by atoms with E-state index < -0.39 is 23.7 Å². The summed E-state index contributed by atoms with van der Waals surface area (Å²) < 4.78 is 10.2. The summed E-state index contributed by atoms with van der Waals surface area (Å²) >= 11 is 12.4. The molecule has 1 amide bonds. The number of rotatable bonds is 6. The number of aromatic amines is 1. The van der Waals surface area contributed by atoms with Crippen molar-refractivity contribution in [3.8, 4) is 0 Å². The zero-order valence-electron chi connectivity index (χ0n) is 20.2. The Morgan fingerprint density at radius 3 is 2.50 bits per heavy atom. The van der Waals surface area contributed by atoms with Gasteiger partial charge in [-0.15, -0.1) is 0 Å². The van der Waals surface area contributed by atoms with Gasteiger partial charge in [-0.25, -0.2) is 4.79 Å². The van der Waals surface area contributed by atoms with Crippen LogP contribution in [0.15, 0.2) is 23.8 Å². The van der Waals surface area contributed by atoms with Gasteiger partial charge in [0.25, 0.3) is 11.7 Å². The summed E-state index contributed by atoms with van der Waals surface area (Å²) in [6, 6.07) is 3.96. The summed E-state index contributed by atoms with van der Waals surface area (Å²) in [5, 5.41) is 12.0. The molecule has 0 aliphatic carbocycles. The Morgan fingerprint density at radius 1 is 1.17 bits per heavy atom. The number of Topliss-reactive ketones (excluding diaryl/α,β-unsaturated/α-hetero) is 1. The number of aryl methyl sites for hydroxylation is 1. The molecule has 192 valence electrons. The molecule has 11 heteroatoms. The van der Waals surface area contributed by atoms with Crippen molar-refractivity contribution in [1.82, 2.24) is 14.8 Å². The van der Waals surface area contributed by atoms with Gasteiger partial charge in [-0.05, 0) is 37.1 Å². The SMILES string of the molecule is COC(=O)c1[nH]c(C)c(C(O)=C2C(=O)C(=O)N(CCN3CCOCC3)C2c2ccc(Cl)c(Cl)c2)c1C. The lowest BCUT2D eigenvalue weighted by Crippen LogP contribution is -2.42. The maximum Gasteiger partial charge on any atom is 0.354 e. The molecular weight excluding hydrogens is 509 g/mol. The van der Waals surface area contributed by atoms with E-state index in [0.29, 0.717) is 41.6 Å². The molecule has 2 saturated heterocycles. The van der Waals surface area contributed by atoms with Crippen LogP contribution in [0.2, 0.25) is 10.0 Å². The lowest BCUT2D eigenvalue weighted by molar-refractivity contribution is -0.140. The first kappa shape index (κ1) is 26.2. The topological polar surface area (TPSA) is 112 Å².